The molecule has 1 rings (SSSR count). The number of nitrogens with one attached hydrogen (secondary N) is 1. The maximum atomic E-state index is 11.6. The van der Waals surface area contributed by atoms with Crippen molar-refractivity contribution in [2.24, 2.45) is 0 Å². The molecule has 0 aliphatic carbocycles. The Kier molecular flexibility index (Phi) is 4.95. The summed E-state index contributed by atoms with van der Waals surface area (Å²) in [6, 6.07) is 9.84. The van der Waals surface area contributed by atoms with Crippen LogP contribution >= 0.6 is 0 Å². The van der Waals surface area contributed by atoms with E-state index < -0.39 is 11.7 Å². The van der Waals surface area contributed by atoms with Crippen LogP contribution in [0.3, 0.4) is 0 Å². The minimum absolute atomic E-state index is 0.123. The molecular formula is C15H21NO2. The van der Waals surface area contributed by atoms with Crippen molar-refractivity contribution in [2.45, 2.75) is 38.8 Å². The predicted molar refractivity (Wildman–Crippen MR) is 73.5 cm³/mol. The maximum absolute atomic E-state index is 11.6. The first-order valence-electron chi connectivity index (χ1n) is 6.07. The maximum Gasteiger partial charge on any atom is 0.408 e. The molecule has 0 radical (unpaired) electrons. The van der Waals surface area contributed by atoms with Crippen molar-refractivity contribution in [2.75, 3.05) is 0 Å². The number of rotatable bonds is 4. The highest BCUT2D eigenvalue weighted by Crippen LogP contribution is 2.08. The Labute approximate surface area is 109 Å². The van der Waals surface area contributed by atoms with E-state index in [1.807, 2.05) is 51.1 Å². The number of carbonyl (C=O) groups is 1. The minimum atomic E-state index is -0.484. The second-order valence-corrected chi connectivity index (χ2v) is 5.18. The van der Waals surface area contributed by atoms with Gasteiger partial charge in [-0.15, -0.1) is 6.58 Å². The van der Waals surface area contributed by atoms with Crippen LogP contribution in [0.2, 0.25) is 0 Å². The molecule has 1 aromatic rings. The van der Waals surface area contributed by atoms with Crippen molar-refractivity contribution in [3.8, 4) is 0 Å². The van der Waals surface area contributed by atoms with E-state index in [9.17, 15) is 4.79 Å². The van der Waals surface area contributed by atoms with Crippen LogP contribution in [0.15, 0.2) is 43.0 Å². The van der Waals surface area contributed by atoms with E-state index in [1.54, 1.807) is 6.08 Å². The molecule has 0 aliphatic rings. The van der Waals surface area contributed by atoms with E-state index >= 15 is 0 Å². The molecule has 0 spiro atoms. The third kappa shape index (κ3) is 5.53. The standard InChI is InChI=1S/C15H21NO2/c1-5-13(11-12-9-7-6-8-10-12)16-14(17)18-15(2,3)4/h5-10,13H,1,11H2,2-4H3,(H,16,17)/t13-/m0/s1. The van der Waals surface area contributed by atoms with Crippen LogP contribution in [0.4, 0.5) is 4.79 Å². The normalized spacial score (nSPS) is 12.6. The fourth-order valence-corrected chi connectivity index (χ4v) is 1.52. The quantitative estimate of drug-likeness (QED) is 0.829. The van der Waals surface area contributed by atoms with E-state index in [-0.39, 0.29) is 6.04 Å². The first-order valence-corrected chi connectivity index (χ1v) is 6.07. The van der Waals surface area contributed by atoms with Crippen molar-refractivity contribution >= 4 is 6.09 Å². The lowest BCUT2D eigenvalue weighted by Gasteiger charge is -2.22. The van der Waals surface area contributed by atoms with Crippen LogP contribution < -0.4 is 5.32 Å². The van der Waals surface area contributed by atoms with Gasteiger partial charge in [-0.05, 0) is 32.8 Å². The Morgan fingerprint density at radius 3 is 2.50 bits per heavy atom. The van der Waals surface area contributed by atoms with Gasteiger partial charge in [-0.25, -0.2) is 4.79 Å². The monoisotopic (exact) mass is 247 g/mol. The molecule has 0 unspecified atom stereocenters. The molecule has 3 heteroatoms. The van der Waals surface area contributed by atoms with Gasteiger partial charge in [0.15, 0.2) is 0 Å². The lowest BCUT2D eigenvalue weighted by atomic mass is 10.1. The average Bonchev–Trinajstić information content (AvgIpc) is 2.27. The van der Waals surface area contributed by atoms with Gasteiger partial charge in [-0.2, -0.15) is 0 Å². The molecule has 1 aromatic carbocycles. The number of hydrogen-bond acceptors (Lipinski definition) is 2. The zero-order valence-corrected chi connectivity index (χ0v) is 11.3. The summed E-state index contributed by atoms with van der Waals surface area (Å²) in [5.41, 5.74) is 0.668. The molecule has 1 amide bonds. The van der Waals surface area contributed by atoms with Crippen molar-refractivity contribution < 1.29 is 9.53 Å². The summed E-state index contributed by atoms with van der Waals surface area (Å²) in [7, 11) is 0. The number of amides is 1. The lowest BCUT2D eigenvalue weighted by Crippen LogP contribution is -2.39. The molecule has 0 fully saturated rings. The summed E-state index contributed by atoms with van der Waals surface area (Å²) in [6.07, 6.45) is 2.02. The highest BCUT2D eigenvalue weighted by atomic mass is 16.6. The second kappa shape index (κ2) is 6.24. The van der Waals surface area contributed by atoms with Crippen LogP contribution in [0.25, 0.3) is 0 Å². The molecule has 0 saturated carbocycles. The molecule has 98 valence electrons. The van der Waals surface area contributed by atoms with Gasteiger partial charge in [0.25, 0.3) is 0 Å². The van der Waals surface area contributed by atoms with E-state index in [0.29, 0.717) is 6.42 Å². The summed E-state index contributed by atoms with van der Waals surface area (Å²) < 4.78 is 5.21. The zero-order chi connectivity index (χ0) is 13.6. The lowest BCUT2D eigenvalue weighted by molar-refractivity contribution is 0.0514. The van der Waals surface area contributed by atoms with E-state index in [1.165, 1.54) is 0 Å². The number of hydrogen-bond donors (Lipinski definition) is 1. The van der Waals surface area contributed by atoms with E-state index in [0.717, 1.165) is 5.56 Å². The Morgan fingerprint density at radius 1 is 1.39 bits per heavy atom. The van der Waals surface area contributed by atoms with Gasteiger partial charge in [0, 0.05) is 0 Å². The molecule has 0 bridgehead atoms. The van der Waals surface area contributed by atoms with Crippen molar-refractivity contribution in [3.63, 3.8) is 0 Å². The molecule has 3 nitrogen and oxygen atoms in total. The summed E-state index contributed by atoms with van der Waals surface area (Å²) in [5.74, 6) is 0. The number of carbonyl (C=O) groups excluding carboxylic acids is 1. The highest BCUT2D eigenvalue weighted by Gasteiger charge is 2.18. The third-order valence-electron chi connectivity index (χ3n) is 2.29. The highest BCUT2D eigenvalue weighted by molar-refractivity contribution is 5.68. The van der Waals surface area contributed by atoms with Gasteiger partial charge in [-0.3, -0.25) is 0 Å². The van der Waals surface area contributed by atoms with Crippen LogP contribution in [0.1, 0.15) is 26.3 Å². The van der Waals surface area contributed by atoms with E-state index in [2.05, 4.69) is 11.9 Å². The SMILES string of the molecule is C=C[C@@H](Cc1ccccc1)NC(=O)OC(C)(C)C. The average molecular weight is 247 g/mol. The molecular weight excluding hydrogens is 226 g/mol. The molecule has 1 atom stereocenters. The van der Waals surface area contributed by atoms with E-state index in [4.69, 9.17) is 4.74 Å². The molecule has 0 saturated heterocycles. The summed E-state index contributed by atoms with van der Waals surface area (Å²) >= 11 is 0. The molecule has 0 aliphatic heterocycles. The molecule has 0 aromatic heterocycles. The van der Waals surface area contributed by atoms with Gasteiger partial charge in [0.2, 0.25) is 0 Å². The van der Waals surface area contributed by atoms with Gasteiger partial charge in [-0.1, -0.05) is 36.4 Å². The van der Waals surface area contributed by atoms with Gasteiger partial charge in [0.1, 0.15) is 5.60 Å². The Hall–Kier alpha value is -1.77. The summed E-state index contributed by atoms with van der Waals surface area (Å²) in [6.45, 7) is 9.26. The summed E-state index contributed by atoms with van der Waals surface area (Å²) in [4.78, 5) is 11.6. The third-order valence-corrected chi connectivity index (χ3v) is 2.29. The molecule has 0 heterocycles. The number of benzene rings is 1. The first kappa shape index (κ1) is 14.3. The number of alkyl carbamates (subject to hydrolysis) is 1. The van der Waals surface area contributed by atoms with Crippen LogP contribution in [-0.4, -0.2) is 17.7 Å². The van der Waals surface area contributed by atoms with Crippen molar-refractivity contribution in [1.82, 2.24) is 5.32 Å². The Balaban J connectivity index is 2.53. The Morgan fingerprint density at radius 2 is 2.00 bits per heavy atom. The number of ether oxygens (including phenoxy) is 1. The molecule has 18 heavy (non-hydrogen) atoms. The fraction of sp³-hybridized carbons (Fsp3) is 0.400. The topological polar surface area (TPSA) is 38.3 Å². The van der Waals surface area contributed by atoms with Gasteiger partial charge in [0.05, 0.1) is 6.04 Å². The second-order valence-electron chi connectivity index (χ2n) is 5.18. The van der Waals surface area contributed by atoms with Crippen LogP contribution in [0.5, 0.6) is 0 Å². The summed E-state index contributed by atoms with van der Waals surface area (Å²) in [5, 5.41) is 2.79. The molecule has 1 N–H and O–H groups in total. The van der Waals surface area contributed by atoms with Gasteiger partial charge < -0.3 is 10.1 Å². The largest absolute Gasteiger partial charge is 0.444 e. The Bertz CT molecular complexity index is 393. The van der Waals surface area contributed by atoms with Crippen LogP contribution in [0, 0.1) is 0 Å². The van der Waals surface area contributed by atoms with Crippen molar-refractivity contribution in [1.29, 1.82) is 0 Å². The smallest absolute Gasteiger partial charge is 0.408 e. The van der Waals surface area contributed by atoms with Gasteiger partial charge >= 0.3 is 6.09 Å². The van der Waals surface area contributed by atoms with Crippen molar-refractivity contribution in [3.05, 3.63) is 48.6 Å². The zero-order valence-electron chi connectivity index (χ0n) is 11.3. The minimum Gasteiger partial charge on any atom is -0.444 e. The first-order chi connectivity index (χ1) is 8.40. The predicted octanol–water partition coefficient (Wildman–Crippen LogP) is 3.31. The van der Waals surface area contributed by atoms with Crippen LogP contribution in [-0.2, 0) is 11.2 Å². The fourth-order valence-electron chi connectivity index (χ4n) is 1.52.